The van der Waals surface area contributed by atoms with E-state index >= 15 is 0 Å². The SMILES string of the molecule is CC#CCC(=O)NN. The van der Waals surface area contributed by atoms with Crippen LogP contribution in [0.25, 0.3) is 0 Å². The van der Waals surface area contributed by atoms with Gasteiger partial charge in [-0.25, -0.2) is 5.84 Å². The van der Waals surface area contributed by atoms with Gasteiger partial charge in [0.15, 0.2) is 0 Å². The van der Waals surface area contributed by atoms with Crippen molar-refractivity contribution in [2.75, 3.05) is 0 Å². The fourth-order valence-corrected chi connectivity index (χ4v) is 0.220. The molecule has 3 nitrogen and oxygen atoms in total. The molecule has 0 spiro atoms. The van der Waals surface area contributed by atoms with Crippen LogP contribution in [-0.4, -0.2) is 5.91 Å². The Labute approximate surface area is 48.2 Å². The zero-order valence-electron chi connectivity index (χ0n) is 4.69. The van der Waals surface area contributed by atoms with Gasteiger partial charge in [-0.2, -0.15) is 0 Å². The first kappa shape index (κ1) is 6.99. The first-order valence-electron chi connectivity index (χ1n) is 2.20. The van der Waals surface area contributed by atoms with Crippen molar-refractivity contribution in [2.24, 2.45) is 5.84 Å². The molecule has 0 atom stereocenters. The van der Waals surface area contributed by atoms with Crippen molar-refractivity contribution in [1.29, 1.82) is 0 Å². The lowest BCUT2D eigenvalue weighted by atomic mass is 10.4. The van der Waals surface area contributed by atoms with Crippen LogP contribution in [0.4, 0.5) is 0 Å². The minimum absolute atomic E-state index is 0.188. The second kappa shape index (κ2) is 4.16. The van der Waals surface area contributed by atoms with Crippen molar-refractivity contribution >= 4 is 5.91 Å². The van der Waals surface area contributed by atoms with Gasteiger partial charge < -0.3 is 0 Å². The van der Waals surface area contributed by atoms with Crippen LogP contribution in [0.15, 0.2) is 0 Å². The second-order valence-corrected chi connectivity index (χ2v) is 1.17. The van der Waals surface area contributed by atoms with Crippen molar-refractivity contribution in [3.8, 4) is 11.8 Å². The molecule has 0 aliphatic rings. The van der Waals surface area contributed by atoms with Crippen LogP contribution in [0.3, 0.4) is 0 Å². The van der Waals surface area contributed by atoms with Gasteiger partial charge in [-0.15, -0.1) is 5.92 Å². The monoisotopic (exact) mass is 112 g/mol. The maximum Gasteiger partial charge on any atom is 0.245 e. The Balaban J connectivity index is 3.35. The van der Waals surface area contributed by atoms with Crippen molar-refractivity contribution in [2.45, 2.75) is 13.3 Å². The maximum absolute atomic E-state index is 10.2. The van der Waals surface area contributed by atoms with Crippen LogP contribution in [0.1, 0.15) is 13.3 Å². The highest BCUT2D eigenvalue weighted by atomic mass is 16.2. The van der Waals surface area contributed by atoms with Gasteiger partial charge in [0.1, 0.15) is 0 Å². The Hall–Kier alpha value is -1.01. The van der Waals surface area contributed by atoms with E-state index in [9.17, 15) is 4.79 Å². The largest absolute Gasteiger partial charge is 0.293 e. The van der Waals surface area contributed by atoms with Crippen LogP contribution < -0.4 is 11.3 Å². The molecule has 0 aromatic heterocycles. The Morgan fingerprint density at radius 2 is 2.50 bits per heavy atom. The van der Waals surface area contributed by atoms with Crippen LogP contribution in [0, 0.1) is 11.8 Å². The first-order chi connectivity index (χ1) is 3.81. The normalized spacial score (nSPS) is 6.75. The number of carbonyl (C=O) groups is 1. The molecule has 0 fully saturated rings. The number of nitrogens with one attached hydrogen (secondary N) is 1. The summed E-state index contributed by atoms with van der Waals surface area (Å²) in [4.78, 5) is 10.2. The molecular formula is C5H8N2O. The van der Waals surface area contributed by atoms with E-state index in [1.165, 1.54) is 0 Å². The molecule has 3 N–H and O–H groups in total. The van der Waals surface area contributed by atoms with E-state index < -0.39 is 0 Å². The lowest BCUT2D eigenvalue weighted by molar-refractivity contribution is -0.120. The third-order valence-electron chi connectivity index (χ3n) is 0.587. The third-order valence-corrected chi connectivity index (χ3v) is 0.587. The van der Waals surface area contributed by atoms with Gasteiger partial charge in [0.05, 0.1) is 6.42 Å². The summed E-state index contributed by atoms with van der Waals surface area (Å²) in [6.45, 7) is 1.67. The van der Waals surface area contributed by atoms with Gasteiger partial charge in [-0.3, -0.25) is 10.2 Å². The molecule has 0 aromatic carbocycles. The number of nitrogens with two attached hydrogens (primary N) is 1. The lowest BCUT2D eigenvalue weighted by Crippen LogP contribution is -2.29. The summed E-state index contributed by atoms with van der Waals surface area (Å²) < 4.78 is 0. The number of hydrazine groups is 1. The molecule has 0 aromatic rings. The Morgan fingerprint density at radius 1 is 1.88 bits per heavy atom. The Bertz CT molecular complexity index is 131. The van der Waals surface area contributed by atoms with Gasteiger partial charge in [-0.1, -0.05) is 5.92 Å². The summed E-state index contributed by atoms with van der Waals surface area (Å²) in [5.74, 6) is 9.62. The van der Waals surface area contributed by atoms with E-state index in [2.05, 4.69) is 11.8 Å². The zero-order valence-corrected chi connectivity index (χ0v) is 4.69. The highest BCUT2D eigenvalue weighted by molar-refractivity contribution is 5.77. The van der Waals surface area contributed by atoms with Crippen molar-refractivity contribution < 1.29 is 4.79 Å². The maximum atomic E-state index is 10.2. The molecule has 8 heavy (non-hydrogen) atoms. The van der Waals surface area contributed by atoms with Crippen molar-refractivity contribution in [1.82, 2.24) is 5.43 Å². The number of amides is 1. The molecule has 0 unspecified atom stereocenters. The van der Waals surface area contributed by atoms with Gasteiger partial charge >= 0.3 is 0 Å². The highest BCUT2D eigenvalue weighted by Gasteiger charge is 1.89. The molecule has 0 aliphatic carbocycles. The van der Waals surface area contributed by atoms with Crippen LogP contribution in [0.2, 0.25) is 0 Å². The van der Waals surface area contributed by atoms with E-state index in [0.717, 1.165) is 0 Å². The molecule has 0 heterocycles. The van der Waals surface area contributed by atoms with Crippen LogP contribution >= 0.6 is 0 Å². The summed E-state index contributed by atoms with van der Waals surface area (Å²) in [5, 5.41) is 0. The fourth-order valence-electron chi connectivity index (χ4n) is 0.220. The summed E-state index contributed by atoms with van der Waals surface area (Å²) in [5.41, 5.74) is 1.96. The molecule has 0 bridgehead atoms. The molecule has 3 heteroatoms. The van der Waals surface area contributed by atoms with E-state index in [-0.39, 0.29) is 12.3 Å². The fraction of sp³-hybridized carbons (Fsp3) is 0.400. The Kier molecular flexibility index (Phi) is 3.63. The van der Waals surface area contributed by atoms with Gasteiger partial charge in [-0.05, 0) is 6.92 Å². The van der Waals surface area contributed by atoms with E-state index in [4.69, 9.17) is 5.84 Å². The Morgan fingerprint density at radius 3 is 2.88 bits per heavy atom. The summed E-state index contributed by atoms with van der Waals surface area (Å²) in [6, 6.07) is 0. The van der Waals surface area contributed by atoms with E-state index in [0.29, 0.717) is 0 Å². The minimum atomic E-state index is -0.251. The van der Waals surface area contributed by atoms with E-state index in [1.807, 2.05) is 5.43 Å². The number of rotatable bonds is 1. The topological polar surface area (TPSA) is 55.1 Å². The third kappa shape index (κ3) is 3.19. The lowest BCUT2D eigenvalue weighted by Gasteiger charge is -1.87. The predicted octanol–water partition coefficient (Wildman–Crippen LogP) is -0.610. The quantitative estimate of drug-likeness (QED) is 0.206. The highest BCUT2D eigenvalue weighted by Crippen LogP contribution is 1.70. The first-order valence-corrected chi connectivity index (χ1v) is 2.20. The van der Waals surface area contributed by atoms with Gasteiger partial charge in [0.2, 0.25) is 5.91 Å². The molecule has 0 saturated carbocycles. The summed E-state index contributed by atoms with van der Waals surface area (Å²) in [6.07, 6.45) is 0.188. The predicted molar refractivity (Wildman–Crippen MR) is 30.4 cm³/mol. The molecule has 1 amide bonds. The average Bonchev–Trinajstić information content (AvgIpc) is 1.83. The molecule has 0 saturated heterocycles. The van der Waals surface area contributed by atoms with Crippen molar-refractivity contribution in [3.63, 3.8) is 0 Å². The second-order valence-electron chi connectivity index (χ2n) is 1.17. The molecule has 44 valence electrons. The van der Waals surface area contributed by atoms with Crippen LogP contribution in [-0.2, 0) is 4.79 Å². The van der Waals surface area contributed by atoms with Gasteiger partial charge in [0.25, 0.3) is 0 Å². The van der Waals surface area contributed by atoms with Gasteiger partial charge in [0, 0.05) is 0 Å². The molecular weight excluding hydrogens is 104 g/mol. The average molecular weight is 112 g/mol. The number of hydrogen-bond donors (Lipinski definition) is 2. The zero-order chi connectivity index (χ0) is 6.41. The molecule has 0 rings (SSSR count). The smallest absolute Gasteiger partial charge is 0.245 e. The standard InChI is InChI=1S/C5H8N2O/c1-2-3-4-5(8)7-6/h4,6H2,1H3,(H,7,8). The van der Waals surface area contributed by atoms with E-state index in [1.54, 1.807) is 6.92 Å². The summed E-state index contributed by atoms with van der Waals surface area (Å²) >= 11 is 0. The summed E-state index contributed by atoms with van der Waals surface area (Å²) in [7, 11) is 0. The molecule has 0 radical (unpaired) electrons. The number of carbonyl (C=O) groups excluding carboxylic acids is 1. The molecule has 0 aliphatic heterocycles. The number of hydrogen-bond acceptors (Lipinski definition) is 2. The minimum Gasteiger partial charge on any atom is -0.293 e. The van der Waals surface area contributed by atoms with Crippen LogP contribution in [0.5, 0.6) is 0 Å². The van der Waals surface area contributed by atoms with Crippen molar-refractivity contribution in [3.05, 3.63) is 0 Å².